The lowest BCUT2D eigenvalue weighted by Gasteiger charge is -2.20. The Hall–Kier alpha value is -1.44. The van der Waals surface area contributed by atoms with E-state index in [9.17, 15) is 21.6 Å². The van der Waals surface area contributed by atoms with Crippen molar-refractivity contribution in [1.82, 2.24) is 4.72 Å². The van der Waals surface area contributed by atoms with Crippen molar-refractivity contribution in [2.75, 3.05) is 18.5 Å². The molecule has 124 valence electrons. The zero-order valence-corrected chi connectivity index (χ0v) is 13.3. The number of nitrogens with two attached hydrogens (primary N) is 2. The van der Waals surface area contributed by atoms with E-state index in [4.69, 9.17) is 21.8 Å². The first-order chi connectivity index (χ1) is 9.99. The zero-order chi connectivity index (χ0) is 17.1. The number of aliphatic carboxylic acids is 1. The summed E-state index contributed by atoms with van der Waals surface area (Å²) in [5, 5.41) is 15.1. The molecular weight excluding hydrogens is 360 g/mol. The molecule has 0 unspecified atom stereocenters. The Morgan fingerprint density at radius 2 is 1.95 bits per heavy atom. The number of fused-ring (bicyclic) bond motifs is 1. The van der Waals surface area contributed by atoms with Crippen molar-refractivity contribution in [3.8, 4) is 0 Å². The molecule has 0 radical (unpaired) electrons. The second-order valence-corrected chi connectivity index (χ2v) is 7.60. The van der Waals surface area contributed by atoms with Crippen LogP contribution >= 0.6 is 11.6 Å². The van der Waals surface area contributed by atoms with E-state index in [0.29, 0.717) is 0 Å². The minimum Gasteiger partial charge on any atom is -0.480 e. The first-order valence-corrected chi connectivity index (χ1v) is 8.91. The highest BCUT2D eigenvalue weighted by Crippen LogP contribution is 2.32. The molecule has 0 saturated carbocycles. The van der Waals surface area contributed by atoms with Gasteiger partial charge in [-0.15, -0.1) is 0 Å². The molecule has 1 aliphatic rings. The van der Waals surface area contributed by atoms with Gasteiger partial charge in [-0.2, -0.15) is 4.72 Å². The number of nitrogens with one attached hydrogen (secondary N) is 2. The lowest BCUT2D eigenvalue weighted by atomic mass is 10.3. The van der Waals surface area contributed by atoms with Crippen LogP contribution in [0.25, 0.3) is 0 Å². The molecule has 0 amide bonds. The van der Waals surface area contributed by atoms with Gasteiger partial charge in [-0.25, -0.2) is 22.0 Å². The van der Waals surface area contributed by atoms with Gasteiger partial charge in [0.15, 0.2) is 0 Å². The fourth-order valence-electron chi connectivity index (χ4n) is 1.42. The summed E-state index contributed by atoms with van der Waals surface area (Å²) in [4.78, 5) is 8.62. The Labute approximate surface area is 131 Å². The molecule has 0 fully saturated rings. The predicted octanol–water partition coefficient (Wildman–Crippen LogP) is -1.32. The van der Waals surface area contributed by atoms with Crippen molar-refractivity contribution in [2.45, 2.75) is 9.79 Å². The molecule has 7 N–H and O–H groups in total. The fraction of sp³-hybridized carbons (Fsp3) is 0.222. The summed E-state index contributed by atoms with van der Waals surface area (Å²) < 4.78 is 47.9. The number of anilines is 1. The molecule has 1 aliphatic heterocycles. The topological polar surface area (TPSA) is 182 Å². The molecule has 0 atom stereocenters. The molecule has 1 heterocycles. The minimum absolute atomic E-state index is 0.0143. The molecule has 2 rings (SSSR count). The molecule has 22 heavy (non-hydrogen) atoms. The predicted molar refractivity (Wildman–Crippen MR) is 78.3 cm³/mol. The third kappa shape index (κ3) is 4.53. The molecule has 1 aromatic rings. The SMILES string of the molecule is NCC(=O)O.NS(=O)(=O)c1cc2c(cc1Cl)NCNS2(=O)=O. The largest absolute Gasteiger partial charge is 0.480 e. The van der Waals surface area contributed by atoms with E-state index in [1.54, 1.807) is 0 Å². The molecule has 0 aromatic heterocycles. The van der Waals surface area contributed by atoms with Crippen LogP contribution in [0.4, 0.5) is 5.69 Å². The molecule has 0 aliphatic carbocycles. The highest BCUT2D eigenvalue weighted by Gasteiger charge is 2.26. The number of halogens is 1. The lowest BCUT2D eigenvalue weighted by Crippen LogP contribution is -2.34. The Morgan fingerprint density at radius 3 is 2.41 bits per heavy atom. The summed E-state index contributed by atoms with van der Waals surface area (Å²) in [7, 11) is -7.80. The maximum absolute atomic E-state index is 11.6. The smallest absolute Gasteiger partial charge is 0.317 e. The van der Waals surface area contributed by atoms with Gasteiger partial charge in [-0.05, 0) is 12.1 Å². The summed E-state index contributed by atoms with van der Waals surface area (Å²) in [6.45, 7) is -0.264. The van der Waals surface area contributed by atoms with E-state index in [2.05, 4.69) is 15.8 Å². The van der Waals surface area contributed by atoms with Gasteiger partial charge in [-0.3, -0.25) is 4.79 Å². The summed E-state index contributed by atoms with van der Waals surface area (Å²) in [5.74, 6) is -0.968. The zero-order valence-electron chi connectivity index (χ0n) is 10.9. The monoisotopic (exact) mass is 372 g/mol. The number of carbonyl (C=O) groups is 1. The van der Waals surface area contributed by atoms with E-state index < -0.39 is 30.9 Å². The van der Waals surface area contributed by atoms with Crippen LogP contribution in [-0.4, -0.2) is 41.1 Å². The van der Waals surface area contributed by atoms with E-state index >= 15 is 0 Å². The average molecular weight is 373 g/mol. The van der Waals surface area contributed by atoms with Gasteiger partial charge in [0.25, 0.3) is 0 Å². The molecule has 13 heteroatoms. The minimum atomic E-state index is -4.07. The van der Waals surface area contributed by atoms with Crippen LogP contribution in [0.3, 0.4) is 0 Å². The maximum atomic E-state index is 11.6. The Balaban J connectivity index is 0.000000422. The number of hydrogen-bond donors (Lipinski definition) is 5. The van der Waals surface area contributed by atoms with Crippen molar-refractivity contribution < 1.29 is 26.7 Å². The highest BCUT2D eigenvalue weighted by atomic mass is 35.5. The van der Waals surface area contributed by atoms with Gasteiger partial charge in [0, 0.05) is 0 Å². The highest BCUT2D eigenvalue weighted by molar-refractivity contribution is 7.90. The number of benzene rings is 1. The molecule has 0 spiro atoms. The standard InChI is InChI=1S/C7H8ClN3O4S2.C2H5NO2/c8-4-1-5-7(2-6(4)16(9,12)13)17(14,15)11-3-10-5;3-1-2(4)5/h1-2,10-11H,3H2,(H2,9,12,13);1,3H2,(H,4,5). The average Bonchev–Trinajstić information content (AvgIpc) is 2.36. The van der Waals surface area contributed by atoms with Crippen LogP contribution in [-0.2, 0) is 24.8 Å². The first-order valence-electron chi connectivity index (χ1n) is 5.51. The summed E-state index contributed by atoms with van der Waals surface area (Å²) in [6, 6.07) is 2.15. The summed E-state index contributed by atoms with van der Waals surface area (Å²) in [5.41, 5.74) is 4.81. The van der Waals surface area contributed by atoms with Crippen molar-refractivity contribution in [1.29, 1.82) is 0 Å². The van der Waals surface area contributed by atoms with Gasteiger partial charge < -0.3 is 16.2 Å². The van der Waals surface area contributed by atoms with Crippen LogP contribution in [0.5, 0.6) is 0 Å². The lowest BCUT2D eigenvalue weighted by molar-refractivity contribution is -0.135. The van der Waals surface area contributed by atoms with Crippen LogP contribution < -0.4 is 20.9 Å². The first kappa shape index (κ1) is 18.6. The number of rotatable bonds is 2. The third-order valence-corrected chi connectivity index (χ3v) is 5.16. The van der Waals surface area contributed by atoms with Gasteiger partial charge >= 0.3 is 5.97 Å². The van der Waals surface area contributed by atoms with Gasteiger partial charge in [0.05, 0.1) is 23.9 Å². The van der Waals surface area contributed by atoms with Crippen LogP contribution in [0.2, 0.25) is 5.02 Å². The van der Waals surface area contributed by atoms with Crippen LogP contribution in [0, 0.1) is 0 Å². The number of sulfonamides is 2. The van der Waals surface area contributed by atoms with Gasteiger partial charge in [-0.1, -0.05) is 11.6 Å². The van der Waals surface area contributed by atoms with E-state index in [1.165, 1.54) is 6.07 Å². The van der Waals surface area contributed by atoms with Crippen molar-refractivity contribution in [2.24, 2.45) is 10.9 Å². The van der Waals surface area contributed by atoms with Crippen molar-refractivity contribution in [3.63, 3.8) is 0 Å². The number of primary sulfonamides is 1. The third-order valence-electron chi connectivity index (χ3n) is 2.35. The van der Waals surface area contributed by atoms with Crippen molar-refractivity contribution in [3.05, 3.63) is 17.2 Å². The second kappa shape index (κ2) is 6.76. The van der Waals surface area contributed by atoms with Gasteiger partial charge in [0.1, 0.15) is 9.79 Å². The van der Waals surface area contributed by atoms with E-state index in [-0.39, 0.29) is 28.8 Å². The summed E-state index contributed by atoms with van der Waals surface area (Å²) >= 11 is 5.72. The molecule has 0 saturated heterocycles. The Kier molecular flexibility index (Phi) is 5.72. The maximum Gasteiger partial charge on any atom is 0.317 e. The van der Waals surface area contributed by atoms with E-state index in [1.807, 2.05) is 0 Å². The van der Waals surface area contributed by atoms with Crippen molar-refractivity contribution >= 4 is 43.3 Å². The number of carboxylic acids is 1. The van der Waals surface area contributed by atoms with E-state index in [0.717, 1.165) is 6.07 Å². The fourth-order valence-corrected chi connectivity index (χ4v) is 3.70. The molecule has 0 bridgehead atoms. The molecule has 1 aromatic carbocycles. The number of hydrogen-bond acceptors (Lipinski definition) is 7. The summed E-state index contributed by atoms with van der Waals surface area (Å²) in [6.07, 6.45) is 0. The van der Waals surface area contributed by atoms with Crippen LogP contribution in [0.1, 0.15) is 0 Å². The Morgan fingerprint density at radius 1 is 1.41 bits per heavy atom. The second-order valence-electron chi connectivity index (χ2n) is 3.92. The Bertz CT molecular complexity index is 793. The quantitative estimate of drug-likeness (QED) is 0.423. The molecule has 10 nitrogen and oxygen atoms in total. The van der Waals surface area contributed by atoms with Crippen LogP contribution in [0.15, 0.2) is 21.9 Å². The normalized spacial score (nSPS) is 15.8. The van der Waals surface area contributed by atoms with Gasteiger partial charge in [0.2, 0.25) is 20.0 Å². The number of carboxylic acid groups (broad SMARTS) is 1. The molecular formula is C9H13ClN4O6S2.